The zero-order valence-corrected chi connectivity index (χ0v) is 10.3. The van der Waals surface area contributed by atoms with Gasteiger partial charge in [0.15, 0.2) is 0 Å². The second kappa shape index (κ2) is 7.52. The second-order valence-electron chi connectivity index (χ2n) is 3.59. The average Bonchev–Trinajstić information content (AvgIpc) is 2.37. The molecule has 1 aromatic rings. The molecular weight excluding hydrogens is 236 g/mol. The summed E-state index contributed by atoms with van der Waals surface area (Å²) in [7, 11) is 1.51. The molecule has 0 heterocycles. The number of hydrogen-bond donors (Lipinski definition) is 3. The Balaban J connectivity index is 2.48. The summed E-state index contributed by atoms with van der Waals surface area (Å²) >= 11 is 0. The number of methoxy groups -OCH3 is 1. The maximum atomic E-state index is 11.6. The Bertz CT molecular complexity index is 396. The molecule has 100 valence electrons. The first-order chi connectivity index (χ1) is 8.67. The van der Waals surface area contributed by atoms with E-state index in [1.54, 1.807) is 18.2 Å². The van der Waals surface area contributed by atoms with Crippen molar-refractivity contribution in [1.82, 2.24) is 0 Å². The Hall–Kier alpha value is -1.79. The minimum absolute atomic E-state index is 0.0482. The van der Waals surface area contributed by atoms with Gasteiger partial charge in [0, 0.05) is 11.8 Å². The Labute approximate surface area is 106 Å². The van der Waals surface area contributed by atoms with Crippen LogP contribution in [0.3, 0.4) is 0 Å². The number of ether oxygens (including phenoxy) is 2. The number of aliphatic hydroxyl groups is 1. The number of carbonyl (C=O) groups excluding carboxylic acids is 1. The summed E-state index contributed by atoms with van der Waals surface area (Å²) in [5.74, 6) is 0.329. The summed E-state index contributed by atoms with van der Waals surface area (Å²) in [5.41, 5.74) is 6.75. The maximum Gasteiger partial charge on any atom is 0.226 e. The third-order valence-corrected chi connectivity index (χ3v) is 2.21. The predicted molar refractivity (Wildman–Crippen MR) is 68.6 cm³/mol. The van der Waals surface area contributed by atoms with Gasteiger partial charge in [-0.25, -0.2) is 0 Å². The van der Waals surface area contributed by atoms with Crippen molar-refractivity contribution in [3.63, 3.8) is 0 Å². The van der Waals surface area contributed by atoms with Crippen LogP contribution in [0.2, 0.25) is 0 Å². The molecule has 0 radical (unpaired) electrons. The molecule has 0 aliphatic carbocycles. The molecule has 4 N–H and O–H groups in total. The van der Waals surface area contributed by atoms with E-state index in [0.29, 0.717) is 17.1 Å². The third kappa shape index (κ3) is 4.60. The van der Waals surface area contributed by atoms with Crippen molar-refractivity contribution in [1.29, 1.82) is 0 Å². The molecular formula is C12H18N2O4. The Morgan fingerprint density at radius 3 is 2.89 bits per heavy atom. The van der Waals surface area contributed by atoms with Crippen molar-refractivity contribution in [3.8, 4) is 5.75 Å². The van der Waals surface area contributed by atoms with Crippen LogP contribution in [0.5, 0.6) is 5.75 Å². The van der Waals surface area contributed by atoms with E-state index in [0.717, 1.165) is 0 Å². The number of hydrogen-bond acceptors (Lipinski definition) is 5. The molecule has 0 aromatic heterocycles. The Morgan fingerprint density at radius 2 is 2.22 bits per heavy atom. The maximum absolute atomic E-state index is 11.6. The van der Waals surface area contributed by atoms with Crippen LogP contribution in [0, 0.1) is 0 Å². The van der Waals surface area contributed by atoms with Gasteiger partial charge in [0.1, 0.15) is 5.75 Å². The number of nitrogens with one attached hydrogen (secondary N) is 1. The van der Waals surface area contributed by atoms with Gasteiger partial charge in [-0.2, -0.15) is 0 Å². The van der Waals surface area contributed by atoms with Crippen molar-refractivity contribution < 1.29 is 19.4 Å². The highest BCUT2D eigenvalue weighted by Crippen LogP contribution is 2.26. The van der Waals surface area contributed by atoms with Crippen LogP contribution in [-0.4, -0.2) is 37.9 Å². The van der Waals surface area contributed by atoms with Crippen LogP contribution in [0.1, 0.15) is 6.42 Å². The molecule has 0 aliphatic heterocycles. The molecule has 0 aliphatic rings. The van der Waals surface area contributed by atoms with Crippen LogP contribution < -0.4 is 15.8 Å². The number of benzene rings is 1. The molecule has 18 heavy (non-hydrogen) atoms. The number of amides is 1. The lowest BCUT2D eigenvalue weighted by molar-refractivity contribution is -0.117. The van der Waals surface area contributed by atoms with Crippen molar-refractivity contribution in [3.05, 3.63) is 18.2 Å². The summed E-state index contributed by atoms with van der Waals surface area (Å²) in [5, 5.41) is 11.2. The highest BCUT2D eigenvalue weighted by Gasteiger charge is 2.07. The zero-order chi connectivity index (χ0) is 13.4. The van der Waals surface area contributed by atoms with Gasteiger partial charge in [0.25, 0.3) is 0 Å². The van der Waals surface area contributed by atoms with Gasteiger partial charge in [-0.1, -0.05) is 0 Å². The van der Waals surface area contributed by atoms with E-state index in [2.05, 4.69) is 5.32 Å². The molecule has 0 fully saturated rings. The Morgan fingerprint density at radius 1 is 1.44 bits per heavy atom. The normalized spacial score (nSPS) is 10.1. The van der Waals surface area contributed by atoms with E-state index in [1.807, 2.05) is 0 Å². The lowest BCUT2D eigenvalue weighted by Crippen LogP contribution is -2.15. The Kier molecular flexibility index (Phi) is 5.96. The van der Waals surface area contributed by atoms with Crippen LogP contribution in [0.25, 0.3) is 0 Å². The highest BCUT2D eigenvalue weighted by molar-refractivity contribution is 5.92. The molecule has 0 atom stereocenters. The molecule has 0 spiro atoms. The van der Waals surface area contributed by atoms with Crippen LogP contribution in [0.15, 0.2) is 18.2 Å². The molecule has 6 heteroatoms. The fourth-order valence-corrected chi connectivity index (χ4v) is 1.36. The smallest absolute Gasteiger partial charge is 0.226 e. The van der Waals surface area contributed by atoms with Crippen LogP contribution in [-0.2, 0) is 9.53 Å². The fourth-order valence-electron chi connectivity index (χ4n) is 1.36. The third-order valence-electron chi connectivity index (χ3n) is 2.21. The predicted octanol–water partition coefficient (Wildman–Crippen LogP) is 0.615. The van der Waals surface area contributed by atoms with Gasteiger partial charge >= 0.3 is 0 Å². The van der Waals surface area contributed by atoms with Gasteiger partial charge in [-0.05, 0) is 12.1 Å². The zero-order valence-electron chi connectivity index (χ0n) is 10.3. The van der Waals surface area contributed by atoms with Crippen molar-refractivity contribution in [2.24, 2.45) is 0 Å². The molecule has 1 amide bonds. The first-order valence-electron chi connectivity index (χ1n) is 5.59. The van der Waals surface area contributed by atoms with E-state index < -0.39 is 0 Å². The number of rotatable bonds is 7. The van der Waals surface area contributed by atoms with Gasteiger partial charge in [-0.15, -0.1) is 0 Å². The molecule has 0 unspecified atom stereocenters. The summed E-state index contributed by atoms with van der Waals surface area (Å²) in [6.07, 6.45) is 0.216. The molecule has 0 saturated heterocycles. The largest absolute Gasteiger partial charge is 0.494 e. The van der Waals surface area contributed by atoms with E-state index >= 15 is 0 Å². The number of carbonyl (C=O) groups is 1. The van der Waals surface area contributed by atoms with Crippen LogP contribution in [0.4, 0.5) is 11.4 Å². The van der Waals surface area contributed by atoms with E-state index in [-0.39, 0.29) is 32.1 Å². The highest BCUT2D eigenvalue weighted by atomic mass is 16.5. The molecule has 1 rings (SSSR count). The number of anilines is 2. The van der Waals surface area contributed by atoms with Gasteiger partial charge in [-0.3, -0.25) is 4.79 Å². The summed E-state index contributed by atoms with van der Waals surface area (Å²) in [6.45, 7) is 0.454. The summed E-state index contributed by atoms with van der Waals surface area (Å²) in [6, 6.07) is 5.00. The fraction of sp³-hybridized carbons (Fsp3) is 0.417. The van der Waals surface area contributed by atoms with Gasteiger partial charge in [0.2, 0.25) is 5.91 Å². The van der Waals surface area contributed by atoms with Crippen molar-refractivity contribution >= 4 is 17.3 Å². The summed E-state index contributed by atoms with van der Waals surface area (Å²) < 4.78 is 10.1. The molecule has 6 nitrogen and oxygen atoms in total. The van der Waals surface area contributed by atoms with Crippen molar-refractivity contribution in [2.75, 3.05) is 38.0 Å². The number of aliphatic hydroxyl groups excluding tert-OH is 1. The lowest BCUT2D eigenvalue weighted by Gasteiger charge is -2.10. The molecule has 1 aromatic carbocycles. The first-order valence-corrected chi connectivity index (χ1v) is 5.59. The van der Waals surface area contributed by atoms with E-state index in [4.69, 9.17) is 20.3 Å². The number of nitrogens with two attached hydrogens (primary N) is 1. The number of nitrogen functional groups attached to an aromatic ring is 1. The first kappa shape index (κ1) is 14.3. The standard InChI is InChI=1S/C12H18N2O4/c1-17-11-8-9(13)2-3-10(11)14-12(16)4-6-18-7-5-15/h2-3,8,15H,4-7,13H2,1H3,(H,14,16). The van der Waals surface area contributed by atoms with Gasteiger partial charge < -0.3 is 25.6 Å². The van der Waals surface area contributed by atoms with Crippen LogP contribution >= 0.6 is 0 Å². The van der Waals surface area contributed by atoms with E-state index in [1.165, 1.54) is 7.11 Å². The topological polar surface area (TPSA) is 93.8 Å². The monoisotopic (exact) mass is 254 g/mol. The SMILES string of the molecule is COc1cc(N)ccc1NC(=O)CCOCCO. The molecule has 0 bridgehead atoms. The lowest BCUT2D eigenvalue weighted by atomic mass is 10.2. The molecule has 0 saturated carbocycles. The van der Waals surface area contributed by atoms with Crippen molar-refractivity contribution in [2.45, 2.75) is 6.42 Å². The minimum Gasteiger partial charge on any atom is -0.494 e. The minimum atomic E-state index is -0.184. The second-order valence-corrected chi connectivity index (χ2v) is 3.59. The van der Waals surface area contributed by atoms with E-state index in [9.17, 15) is 4.79 Å². The average molecular weight is 254 g/mol. The van der Waals surface area contributed by atoms with Gasteiger partial charge in [0.05, 0.1) is 39.0 Å². The summed E-state index contributed by atoms with van der Waals surface area (Å²) in [4.78, 5) is 11.6. The quantitative estimate of drug-likeness (QED) is 0.490.